The smallest absolute Gasteiger partial charge is 0.227 e. The van der Waals surface area contributed by atoms with Crippen molar-refractivity contribution in [3.63, 3.8) is 0 Å². The van der Waals surface area contributed by atoms with E-state index < -0.39 is 0 Å². The van der Waals surface area contributed by atoms with E-state index in [1.54, 1.807) is 14.2 Å². The van der Waals surface area contributed by atoms with Crippen LogP contribution < -0.4 is 18.9 Å². The summed E-state index contributed by atoms with van der Waals surface area (Å²) in [7, 11) is 3.28. The second-order valence-electron chi connectivity index (χ2n) is 8.59. The van der Waals surface area contributed by atoms with Crippen LogP contribution in [0.4, 0.5) is 0 Å². The van der Waals surface area contributed by atoms with Crippen molar-refractivity contribution in [3.05, 3.63) is 52.6 Å². The van der Waals surface area contributed by atoms with Crippen molar-refractivity contribution in [1.82, 2.24) is 4.90 Å². The van der Waals surface area contributed by atoms with Crippen molar-refractivity contribution in [2.24, 2.45) is 0 Å². The number of rotatable bonds is 5. The SMILES string of the molecule is CCOc1cc2c(cc1[C@H]1C=C3c4cc(OC)c(OC)cc4CCN3C(=O)C1)O[C@@H](C)C2. The van der Waals surface area contributed by atoms with E-state index in [1.165, 1.54) is 5.56 Å². The predicted molar refractivity (Wildman–Crippen MR) is 122 cm³/mol. The summed E-state index contributed by atoms with van der Waals surface area (Å²) in [5, 5.41) is 0. The third-order valence-corrected chi connectivity index (χ3v) is 6.56. The Labute approximate surface area is 188 Å². The Hall–Kier alpha value is -3.15. The molecule has 1 amide bonds. The highest BCUT2D eigenvalue weighted by Gasteiger charge is 2.35. The molecule has 32 heavy (non-hydrogen) atoms. The van der Waals surface area contributed by atoms with Crippen LogP contribution >= 0.6 is 0 Å². The standard InChI is InChI=1S/C26H29NO5/c1-5-31-23-11-18-8-15(2)32-22(18)14-20(23)17-9-21-19-13-25(30-4)24(29-3)10-16(19)6-7-27(21)26(28)12-17/h9-11,13-15,17H,5-8,12H2,1-4H3/t15-,17-/m0/s1. The van der Waals surface area contributed by atoms with Gasteiger partial charge in [0, 0.05) is 47.7 Å². The minimum Gasteiger partial charge on any atom is -0.494 e. The van der Waals surface area contributed by atoms with Crippen LogP contribution in [0.5, 0.6) is 23.0 Å². The molecule has 0 radical (unpaired) electrons. The average Bonchev–Trinajstić information content (AvgIpc) is 3.16. The summed E-state index contributed by atoms with van der Waals surface area (Å²) in [6.07, 6.45) is 4.44. The molecule has 6 nitrogen and oxygen atoms in total. The zero-order chi connectivity index (χ0) is 22.4. The van der Waals surface area contributed by atoms with Crippen LogP contribution in [0.15, 0.2) is 30.3 Å². The van der Waals surface area contributed by atoms with Gasteiger partial charge in [0.25, 0.3) is 0 Å². The van der Waals surface area contributed by atoms with Gasteiger partial charge in [0.15, 0.2) is 11.5 Å². The third kappa shape index (κ3) is 3.38. The van der Waals surface area contributed by atoms with Gasteiger partial charge in [-0.3, -0.25) is 4.79 Å². The van der Waals surface area contributed by atoms with Crippen LogP contribution in [0.2, 0.25) is 0 Å². The molecule has 2 aromatic carbocycles. The van der Waals surface area contributed by atoms with E-state index in [0.717, 1.165) is 46.7 Å². The van der Waals surface area contributed by atoms with Crippen LogP contribution in [-0.4, -0.2) is 44.3 Å². The molecular formula is C26H29NO5. The number of carbonyl (C=O) groups excluding carboxylic acids is 1. The zero-order valence-electron chi connectivity index (χ0n) is 19.1. The van der Waals surface area contributed by atoms with E-state index in [-0.39, 0.29) is 17.9 Å². The quantitative estimate of drug-likeness (QED) is 0.699. The average molecular weight is 436 g/mol. The van der Waals surface area contributed by atoms with Gasteiger partial charge in [0.1, 0.15) is 17.6 Å². The molecule has 5 rings (SSSR count). The number of hydrogen-bond acceptors (Lipinski definition) is 5. The van der Waals surface area contributed by atoms with Gasteiger partial charge in [-0.1, -0.05) is 6.08 Å². The minimum absolute atomic E-state index is 0.0841. The summed E-state index contributed by atoms with van der Waals surface area (Å²) in [6.45, 7) is 5.30. The summed E-state index contributed by atoms with van der Waals surface area (Å²) in [5.41, 5.74) is 5.30. The maximum Gasteiger partial charge on any atom is 0.227 e. The van der Waals surface area contributed by atoms with Crippen molar-refractivity contribution in [2.75, 3.05) is 27.4 Å². The number of ether oxygens (including phenoxy) is 4. The minimum atomic E-state index is -0.0841. The Kier molecular flexibility index (Phi) is 5.24. The van der Waals surface area contributed by atoms with Crippen LogP contribution in [0, 0.1) is 0 Å². The molecule has 3 heterocycles. The van der Waals surface area contributed by atoms with E-state index in [9.17, 15) is 4.79 Å². The summed E-state index contributed by atoms with van der Waals surface area (Å²) >= 11 is 0. The first-order valence-corrected chi connectivity index (χ1v) is 11.3. The van der Waals surface area contributed by atoms with Gasteiger partial charge in [-0.2, -0.15) is 0 Å². The second kappa shape index (κ2) is 8.08. The molecule has 3 aliphatic heterocycles. The molecule has 2 atom stereocenters. The fourth-order valence-corrected chi connectivity index (χ4v) is 5.08. The lowest BCUT2D eigenvalue weighted by Gasteiger charge is -2.37. The fraction of sp³-hybridized carbons (Fsp3) is 0.423. The molecule has 0 bridgehead atoms. The Morgan fingerprint density at radius 1 is 1.03 bits per heavy atom. The van der Waals surface area contributed by atoms with Gasteiger partial charge < -0.3 is 23.8 Å². The van der Waals surface area contributed by atoms with E-state index in [0.29, 0.717) is 31.1 Å². The van der Waals surface area contributed by atoms with E-state index in [2.05, 4.69) is 25.1 Å². The van der Waals surface area contributed by atoms with Crippen molar-refractivity contribution in [3.8, 4) is 23.0 Å². The van der Waals surface area contributed by atoms with Crippen LogP contribution in [0.3, 0.4) is 0 Å². The molecule has 6 heteroatoms. The molecular weight excluding hydrogens is 406 g/mol. The number of amides is 1. The molecule has 0 saturated carbocycles. The molecule has 3 aliphatic rings. The summed E-state index contributed by atoms with van der Waals surface area (Å²) < 4.78 is 23.1. The zero-order valence-corrected chi connectivity index (χ0v) is 19.1. The van der Waals surface area contributed by atoms with Gasteiger partial charge in [-0.05, 0) is 50.1 Å². The highest BCUT2D eigenvalue weighted by molar-refractivity contribution is 5.92. The maximum absolute atomic E-state index is 13.2. The number of hydrogen-bond donors (Lipinski definition) is 0. The van der Waals surface area contributed by atoms with Crippen LogP contribution in [0.1, 0.15) is 48.4 Å². The molecule has 0 aliphatic carbocycles. The van der Waals surface area contributed by atoms with Crippen molar-refractivity contribution in [2.45, 2.75) is 45.1 Å². The number of benzene rings is 2. The van der Waals surface area contributed by atoms with Gasteiger partial charge in [0.05, 0.1) is 20.8 Å². The molecule has 0 fully saturated rings. The first-order chi connectivity index (χ1) is 15.5. The highest BCUT2D eigenvalue weighted by Crippen LogP contribution is 2.45. The lowest BCUT2D eigenvalue weighted by Crippen LogP contribution is -2.38. The molecule has 0 unspecified atom stereocenters. The number of methoxy groups -OCH3 is 2. The molecule has 168 valence electrons. The fourth-order valence-electron chi connectivity index (χ4n) is 5.08. The van der Waals surface area contributed by atoms with Crippen LogP contribution in [-0.2, 0) is 17.6 Å². The molecule has 0 saturated heterocycles. The number of nitrogens with zero attached hydrogens (tertiary/aromatic N) is 1. The van der Waals surface area contributed by atoms with Gasteiger partial charge >= 0.3 is 0 Å². The Bertz CT molecular complexity index is 1110. The molecule has 0 N–H and O–H groups in total. The van der Waals surface area contributed by atoms with Gasteiger partial charge in [-0.15, -0.1) is 0 Å². The van der Waals surface area contributed by atoms with E-state index >= 15 is 0 Å². The molecule has 2 aromatic rings. The topological polar surface area (TPSA) is 57.2 Å². The Morgan fingerprint density at radius 3 is 2.53 bits per heavy atom. The second-order valence-corrected chi connectivity index (χ2v) is 8.59. The predicted octanol–water partition coefficient (Wildman–Crippen LogP) is 4.34. The van der Waals surface area contributed by atoms with Crippen LogP contribution in [0.25, 0.3) is 5.70 Å². The first-order valence-electron chi connectivity index (χ1n) is 11.3. The Morgan fingerprint density at radius 2 is 1.78 bits per heavy atom. The van der Waals surface area contributed by atoms with E-state index in [4.69, 9.17) is 18.9 Å². The number of fused-ring (bicyclic) bond motifs is 4. The number of allylic oxidation sites excluding steroid dienone is 1. The summed E-state index contributed by atoms with van der Waals surface area (Å²) in [5.74, 6) is 3.17. The van der Waals surface area contributed by atoms with Crippen molar-refractivity contribution >= 4 is 11.6 Å². The largest absolute Gasteiger partial charge is 0.494 e. The first kappa shape index (κ1) is 20.7. The summed E-state index contributed by atoms with van der Waals surface area (Å²) in [6, 6.07) is 8.18. The van der Waals surface area contributed by atoms with Gasteiger partial charge in [-0.25, -0.2) is 0 Å². The molecule has 0 aromatic heterocycles. The van der Waals surface area contributed by atoms with E-state index in [1.807, 2.05) is 24.0 Å². The summed E-state index contributed by atoms with van der Waals surface area (Å²) in [4.78, 5) is 15.1. The van der Waals surface area contributed by atoms with Crippen molar-refractivity contribution < 1.29 is 23.7 Å². The molecule has 0 spiro atoms. The Balaban J connectivity index is 1.61. The van der Waals surface area contributed by atoms with Crippen molar-refractivity contribution in [1.29, 1.82) is 0 Å². The lowest BCUT2D eigenvalue weighted by molar-refractivity contribution is -0.128. The van der Waals surface area contributed by atoms with Gasteiger partial charge in [0.2, 0.25) is 5.91 Å². The lowest BCUT2D eigenvalue weighted by atomic mass is 9.85. The monoisotopic (exact) mass is 435 g/mol. The normalized spacial score (nSPS) is 21.2. The third-order valence-electron chi connectivity index (χ3n) is 6.56. The highest BCUT2D eigenvalue weighted by atomic mass is 16.5. The number of carbonyl (C=O) groups is 1. The maximum atomic E-state index is 13.2.